The summed E-state index contributed by atoms with van der Waals surface area (Å²) in [6, 6.07) is 18.5. The molecule has 0 N–H and O–H groups in total. The third kappa shape index (κ3) is 2.64. The second-order valence-electron chi connectivity index (χ2n) is 5.50. The first-order chi connectivity index (χ1) is 10.2. The number of aromatic nitrogens is 2. The quantitative estimate of drug-likeness (QED) is 0.689. The summed E-state index contributed by atoms with van der Waals surface area (Å²) in [6.07, 6.45) is -0.0952. The number of fused-ring (bicyclic) bond motifs is 1. The lowest BCUT2D eigenvalue weighted by molar-refractivity contribution is 0.209. The van der Waals surface area contributed by atoms with Crippen LogP contribution in [0, 0.1) is 0 Å². The van der Waals surface area contributed by atoms with Crippen molar-refractivity contribution in [2.24, 2.45) is 0 Å². The highest BCUT2D eigenvalue weighted by atomic mass is 16.5. The van der Waals surface area contributed by atoms with E-state index in [1.165, 1.54) is 0 Å². The summed E-state index contributed by atoms with van der Waals surface area (Å²) in [5.41, 5.74) is 2.18. The van der Waals surface area contributed by atoms with Crippen LogP contribution in [-0.4, -0.2) is 9.55 Å². The average Bonchev–Trinajstić information content (AvgIpc) is 2.88. The van der Waals surface area contributed by atoms with Crippen LogP contribution in [0.2, 0.25) is 0 Å². The summed E-state index contributed by atoms with van der Waals surface area (Å²) in [6.45, 7) is 6.40. The van der Waals surface area contributed by atoms with Gasteiger partial charge in [0.05, 0.1) is 11.0 Å². The van der Waals surface area contributed by atoms with Crippen molar-refractivity contribution in [2.45, 2.75) is 32.9 Å². The maximum absolute atomic E-state index is 6.04. The highest BCUT2D eigenvalue weighted by Gasteiger charge is 2.19. The molecule has 0 fully saturated rings. The SMILES string of the molecule is CC(Oc1ccccc1)c1nc2ccccc2n1C(C)C. The molecule has 1 aromatic heterocycles. The normalized spacial score (nSPS) is 12.8. The van der Waals surface area contributed by atoms with Gasteiger partial charge >= 0.3 is 0 Å². The molecule has 0 saturated carbocycles. The van der Waals surface area contributed by atoms with Gasteiger partial charge in [-0.2, -0.15) is 0 Å². The van der Waals surface area contributed by atoms with Crippen LogP contribution in [0.1, 0.15) is 38.7 Å². The fraction of sp³-hybridized carbons (Fsp3) is 0.278. The fourth-order valence-electron chi connectivity index (χ4n) is 2.65. The van der Waals surface area contributed by atoms with Crippen LogP contribution in [0.25, 0.3) is 11.0 Å². The molecule has 0 radical (unpaired) electrons. The predicted molar refractivity (Wildman–Crippen MR) is 85.6 cm³/mol. The molecule has 1 heterocycles. The smallest absolute Gasteiger partial charge is 0.153 e. The van der Waals surface area contributed by atoms with Gasteiger partial charge in [0, 0.05) is 6.04 Å². The van der Waals surface area contributed by atoms with Crippen LogP contribution < -0.4 is 4.74 Å². The largest absolute Gasteiger partial charge is 0.483 e. The first-order valence-electron chi connectivity index (χ1n) is 7.35. The van der Waals surface area contributed by atoms with Crippen LogP contribution >= 0.6 is 0 Å². The van der Waals surface area contributed by atoms with Gasteiger partial charge in [-0.1, -0.05) is 30.3 Å². The molecule has 1 unspecified atom stereocenters. The van der Waals surface area contributed by atoms with E-state index in [-0.39, 0.29) is 6.10 Å². The van der Waals surface area contributed by atoms with Gasteiger partial charge in [-0.25, -0.2) is 4.98 Å². The lowest BCUT2D eigenvalue weighted by Gasteiger charge is -2.19. The molecule has 0 aliphatic rings. The fourth-order valence-corrected chi connectivity index (χ4v) is 2.65. The molecule has 0 saturated heterocycles. The molecule has 108 valence electrons. The number of hydrogen-bond acceptors (Lipinski definition) is 2. The Morgan fingerprint density at radius 2 is 1.57 bits per heavy atom. The van der Waals surface area contributed by atoms with Gasteiger partial charge in [-0.05, 0) is 45.0 Å². The van der Waals surface area contributed by atoms with Crippen molar-refractivity contribution in [3.63, 3.8) is 0 Å². The molecule has 0 spiro atoms. The summed E-state index contributed by atoms with van der Waals surface area (Å²) < 4.78 is 8.29. The topological polar surface area (TPSA) is 27.1 Å². The van der Waals surface area contributed by atoms with Gasteiger partial charge in [-0.15, -0.1) is 0 Å². The minimum absolute atomic E-state index is 0.0952. The van der Waals surface area contributed by atoms with Crippen molar-refractivity contribution < 1.29 is 4.74 Å². The van der Waals surface area contributed by atoms with Crippen LogP contribution in [0.3, 0.4) is 0 Å². The highest BCUT2D eigenvalue weighted by molar-refractivity contribution is 5.76. The van der Waals surface area contributed by atoms with Gasteiger partial charge in [0.1, 0.15) is 5.75 Å². The lowest BCUT2D eigenvalue weighted by Crippen LogP contribution is -2.13. The summed E-state index contributed by atoms with van der Waals surface area (Å²) in [5.74, 6) is 1.84. The molecule has 3 heteroatoms. The molecule has 0 bridgehead atoms. The second-order valence-corrected chi connectivity index (χ2v) is 5.50. The van der Waals surface area contributed by atoms with Crippen LogP contribution in [0.5, 0.6) is 5.75 Å². The van der Waals surface area contributed by atoms with E-state index in [4.69, 9.17) is 9.72 Å². The van der Waals surface area contributed by atoms with Gasteiger partial charge in [0.2, 0.25) is 0 Å². The van der Waals surface area contributed by atoms with Crippen LogP contribution in [0.4, 0.5) is 0 Å². The van der Waals surface area contributed by atoms with Crippen molar-refractivity contribution in [1.82, 2.24) is 9.55 Å². The number of rotatable bonds is 4. The summed E-state index contributed by atoms with van der Waals surface area (Å²) in [5, 5.41) is 0. The third-order valence-corrected chi connectivity index (χ3v) is 3.56. The Bertz CT molecular complexity index is 731. The number of para-hydroxylation sites is 3. The van der Waals surface area contributed by atoms with Crippen molar-refractivity contribution in [2.75, 3.05) is 0 Å². The monoisotopic (exact) mass is 280 g/mol. The van der Waals surface area contributed by atoms with E-state index in [0.717, 1.165) is 22.6 Å². The molecule has 0 aliphatic heterocycles. The molecule has 0 aliphatic carbocycles. The van der Waals surface area contributed by atoms with Crippen molar-refractivity contribution in [3.05, 3.63) is 60.4 Å². The van der Waals surface area contributed by atoms with E-state index in [1.54, 1.807) is 0 Å². The molecule has 3 nitrogen and oxygen atoms in total. The van der Waals surface area contributed by atoms with Gasteiger partial charge in [0.25, 0.3) is 0 Å². The molecule has 21 heavy (non-hydrogen) atoms. The molecule has 1 atom stereocenters. The zero-order chi connectivity index (χ0) is 14.8. The standard InChI is InChI=1S/C18H20N2O/c1-13(2)20-17-12-8-7-11-16(17)19-18(20)14(3)21-15-9-5-4-6-10-15/h4-14H,1-3H3. The molecule has 3 rings (SSSR count). The van der Waals surface area contributed by atoms with E-state index in [9.17, 15) is 0 Å². The first kappa shape index (κ1) is 13.7. The van der Waals surface area contributed by atoms with Crippen molar-refractivity contribution >= 4 is 11.0 Å². The molecule has 2 aromatic carbocycles. The van der Waals surface area contributed by atoms with Gasteiger partial charge in [-0.3, -0.25) is 0 Å². The molecule has 3 aromatic rings. The number of hydrogen-bond donors (Lipinski definition) is 0. The Labute approximate surface area is 125 Å². The minimum Gasteiger partial charge on any atom is -0.483 e. The Hall–Kier alpha value is -2.29. The van der Waals surface area contributed by atoms with E-state index >= 15 is 0 Å². The van der Waals surface area contributed by atoms with Gasteiger partial charge in [0.15, 0.2) is 11.9 Å². The third-order valence-electron chi connectivity index (χ3n) is 3.56. The minimum atomic E-state index is -0.0952. The maximum atomic E-state index is 6.04. The number of benzene rings is 2. The first-order valence-corrected chi connectivity index (χ1v) is 7.35. The highest BCUT2D eigenvalue weighted by Crippen LogP contribution is 2.27. The van der Waals surface area contributed by atoms with Crippen molar-refractivity contribution in [3.8, 4) is 5.75 Å². The zero-order valence-electron chi connectivity index (χ0n) is 12.7. The Balaban J connectivity index is 2.01. The summed E-state index contributed by atoms with van der Waals surface area (Å²) in [4.78, 5) is 4.77. The molecular weight excluding hydrogens is 260 g/mol. The number of imidazole rings is 1. The van der Waals surface area contributed by atoms with Crippen molar-refractivity contribution in [1.29, 1.82) is 0 Å². The van der Waals surface area contributed by atoms with E-state index in [2.05, 4.69) is 30.5 Å². The maximum Gasteiger partial charge on any atom is 0.153 e. The number of nitrogens with zero attached hydrogens (tertiary/aromatic N) is 2. The van der Waals surface area contributed by atoms with E-state index < -0.39 is 0 Å². The van der Waals surface area contributed by atoms with E-state index in [0.29, 0.717) is 6.04 Å². The number of ether oxygens (including phenoxy) is 1. The summed E-state index contributed by atoms with van der Waals surface area (Å²) in [7, 11) is 0. The average molecular weight is 280 g/mol. The Morgan fingerprint density at radius 1 is 0.905 bits per heavy atom. The van der Waals surface area contributed by atoms with Crippen LogP contribution in [-0.2, 0) is 0 Å². The zero-order valence-corrected chi connectivity index (χ0v) is 12.7. The molecule has 0 amide bonds. The Morgan fingerprint density at radius 3 is 2.29 bits per heavy atom. The Kier molecular flexibility index (Phi) is 3.65. The van der Waals surface area contributed by atoms with Crippen LogP contribution in [0.15, 0.2) is 54.6 Å². The van der Waals surface area contributed by atoms with Gasteiger partial charge < -0.3 is 9.30 Å². The summed E-state index contributed by atoms with van der Waals surface area (Å²) >= 11 is 0. The predicted octanol–water partition coefficient (Wildman–Crippen LogP) is 4.76. The second kappa shape index (κ2) is 5.60. The lowest BCUT2D eigenvalue weighted by atomic mass is 10.2. The molecular formula is C18H20N2O. The van der Waals surface area contributed by atoms with E-state index in [1.807, 2.05) is 49.4 Å².